The number of allylic oxidation sites excluding steroid dienone is 13. The van der Waals surface area contributed by atoms with Gasteiger partial charge in [0.2, 0.25) is 5.91 Å². The highest BCUT2D eigenvalue weighted by Crippen LogP contribution is 2.03. The molecule has 208 valence electrons. The number of hydrogen-bond acceptors (Lipinski definition) is 3. The van der Waals surface area contributed by atoms with Crippen molar-refractivity contribution in [2.24, 2.45) is 0 Å². The van der Waals surface area contributed by atoms with Crippen LogP contribution in [0.25, 0.3) is 0 Å². The van der Waals surface area contributed by atoms with Crippen molar-refractivity contribution in [1.82, 2.24) is 5.32 Å². The number of carbonyl (C=O) groups excluding carboxylic acids is 1. The maximum absolute atomic E-state index is 12.2. The molecule has 0 aliphatic carbocycles. The van der Waals surface area contributed by atoms with Crippen LogP contribution in [0.5, 0.6) is 0 Å². The summed E-state index contributed by atoms with van der Waals surface area (Å²) in [6, 6.07) is -0.684. The molecule has 1 amide bonds. The van der Waals surface area contributed by atoms with Gasteiger partial charge in [-0.05, 0) is 64.2 Å². The Hall–Kier alpha value is -2.43. The van der Waals surface area contributed by atoms with E-state index in [4.69, 9.17) is 0 Å². The molecule has 0 spiro atoms. The number of aliphatic hydroxyl groups is 2. The number of carbonyl (C=O) groups is 1. The lowest BCUT2D eigenvalue weighted by Crippen LogP contribution is -2.45. The van der Waals surface area contributed by atoms with Crippen LogP contribution in [0, 0.1) is 0 Å². The van der Waals surface area contributed by atoms with Gasteiger partial charge in [0.05, 0.1) is 18.8 Å². The predicted octanol–water partition coefficient (Wildman–Crippen LogP) is 7.83. The van der Waals surface area contributed by atoms with E-state index in [1.165, 1.54) is 19.3 Å². The van der Waals surface area contributed by atoms with E-state index >= 15 is 0 Å². The van der Waals surface area contributed by atoms with Crippen molar-refractivity contribution in [3.05, 3.63) is 85.1 Å². The van der Waals surface area contributed by atoms with E-state index in [1.54, 1.807) is 6.08 Å². The summed E-state index contributed by atoms with van der Waals surface area (Å²) in [6.45, 7) is 4.04. The fraction of sp³-hybridized carbons (Fsp3) is 0.545. The summed E-state index contributed by atoms with van der Waals surface area (Å²) in [7, 11) is 0. The normalized spacial score (nSPS) is 14.6. The first kappa shape index (κ1) is 34.6. The molecule has 37 heavy (non-hydrogen) atoms. The van der Waals surface area contributed by atoms with Crippen molar-refractivity contribution in [2.75, 3.05) is 6.61 Å². The standard InChI is InChI=1S/C33H53NO3/c1-3-5-7-9-11-13-15-17-19-21-23-25-27-29-33(37)34-31(30-35)32(36)28-26-24-22-20-18-16-14-12-10-8-6-4-2/h5,7,10-13,17-20,23,25-26,28,31-32,35-36H,3-4,6,8-9,14-16,21-22,24,27,29-30H2,1-2H3,(H,34,37)/b7-5-,12-10+,13-11-,19-17-,20-18+,25-23-,28-26+. The first-order valence-corrected chi connectivity index (χ1v) is 14.3. The molecule has 0 aliphatic rings. The average molecular weight is 512 g/mol. The van der Waals surface area contributed by atoms with Crippen LogP contribution >= 0.6 is 0 Å². The van der Waals surface area contributed by atoms with Crippen LogP contribution in [0.2, 0.25) is 0 Å². The number of unbranched alkanes of at least 4 members (excludes halogenated alkanes) is 4. The Morgan fingerprint density at radius 2 is 1.16 bits per heavy atom. The number of nitrogens with one attached hydrogen (secondary N) is 1. The molecule has 0 fully saturated rings. The maximum atomic E-state index is 12.2. The van der Waals surface area contributed by atoms with Gasteiger partial charge in [-0.1, -0.05) is 112 Å². The molecule has 0 aromatic heterocycles. The van der Waals surface area contributed by atoms with Gasteiger partial charge in [-0.3, -0.25) is 4.79 Å². The quantitative estimate of drug-likeness (QED) is 0.0967. The third-order valence-electron chi connectivity index (χ3n) is 5.60. The minimum Gasteiger partial charge on any atom is -0.394 e. The van der Waals surface area contributed by atoms with Crippen molar-refractivity contribution < 1.29 is 15.0 Å². The van der Waals surface area contributed by atoms with Crippen molar-refractivity contribution >= 4 is 5.91 Å². The lowest BCUT2D eigenvalue weighted by molar-refractivity contribution is -0.122. The molecule has 2 atom stereocenters. The van der Waals surface area contributed by atoms with Crippen LogP contribution in [0.4, 0.5) is 0 Å². The zero-order valence-electron chi connectivity index (χ0n) is 23.4. The number of amides is 1. The number of rotatable bonds is 23. The van der Waals surface area contributed by atoms with E-state index in [1.807, 2.05) is 12.2 Å². The summed E-state index contributed by atoms with van der Waals surface area (Å²) in [5, 5.41) is 22.6. The summed E-state index contributed by atoms with van der Waals surface area (Å²) in [4.78, 5) is 12.2. The van der Waals surface area contributed by atoms with E-state index in [-0.39, 0.29) is 12.5 Å². The smallest absolute Gasteiger partial charge is 0.220 e. The lowest BCUT2D eigenvalue weighted by Gasteiger charge is -2.19. The Morgan fingerprint density at radius 3 is 1.70 bits per heavy atom. The molecule has 4 heteroatoms. The average Bonchev–Trinajstić information content (AvgIpc) is 2.90. The van der Waals surface area contributed by atoms with Crippen molar-refractivity contribution in [2.45, 2.75) is 109 Å². The summed E-state index contributed by atoms with van der Waals surface area (Å²) in [5.74, 6) is -0.166. The van der Waals surface area contributed by atoms with E-state index in [9.17, 15) is 15.0 Å². The monoisotopic (exact) mass is 511 g/mol. The highest BCUT2D eigenvalue weighted by Gasteiger charge is 2.17. The van der Waals surface area contributed by atoms with Gasteiger partial charge in [0.25, 0.3) is 0 Å². The van der Waals surface area contributed by atoms with Gasteiger partial charge in [-0.25, -0.2) is 0 Å². The summed E-state index contributed by atoms with van der Waals surface area (Å²) >= 11 is 0. The van der Waals surface area contributed by atoms with Gasteiger partial charge >= 0.3 is 0 Å². The van der Waals surface area contributed by atoms with Gasteiger partial charge in [-0.15, -0.1) is 0 Å². The van der Waals surface area contributed by atoms with Crippen LogP contribution in [0.1, 0.15) is 97.3 Å². The minimum absolute atomic E-state index is 0.166. The first-order chi connectivity index (χ1) is 18.2. The highest BCUT2D eigenvalue weighted by atomic mass is 16.3. The van der Waals surface area contributed by atoms with Crippen LogP contribution in [-0.4, -0.2) is 34.9 Å². The van der Waals surface area contributed by atoms with Gasteiger partial charge in [-0.2, -0.15) is 0 Å². The molecule has 0 bridgehead atoms. The third-order valence-corrected chi connectivity index (χ3v) is 5.60. The van der Waals surface area contributed by atoms with E-state index in [0.29, 0.717) is 12.8 Å². The fourth-order valence-corrected chi connectivity index (χ4v) is 3.38. The van der Waals surface area contributed by atoms with Gasteiger partial charge in [0, 0.05) is 6.42 Å². The molecule has 0 saturated carbocycles. The van der Waals surface area contributed by atoms with Gasteiger partial charge < -0.3 is 15.5 Å². The zero-order chi connectivity index (χ0) is 27.2. The molecule has 0 aromatic carbocycles. The second-order valence-electron chi connectivity index (χ2n) is 9.05. The molecule has 3 N–H and O–H groups in total. The summed E-state index contributed by atoms with van der Waals surface area (Å²) in [5.41, 5.74) is 0. The Morgan fingerprint density at radius 1 is 0.676 bits per heavy atom. The molecule has 0 rings (SSSR count). The molecular formula is C33H53NO3. The highest BCUT2D eigenvalue weighted by molar-refractivity contribution is 5.76. The predicted molar refractivity (Wildman–Crippen MR) is 160 cm³/mol. The zero-order valence-corrected chi connectivity index (χ0v) is 23.4. The van der Waals surface area contributed by atoms with Gasteiger partial charge in [0.1, 0.15) is 0 Å². The Kier molecular flexibility index (Phi) is 26.3. The van der Waals surface area contributed by atoms with Crippen molar-refractivity contribution in [3.8, 4) is 0 Å². The molecule has 0 heterocycles. The van der Waals surface area contributed by atoms with Crippen LogP contribution in [0.3, 0.4) is 0 Å². The number of hydrogen-bond donors (Lipinski definition) is 3. The van der Waals surface area contributed by atoms with Gasteiger partial charge in [0.15, 0.2) is 0 Å². The van der Waals surface area contributed by atoms with Crippen LogP contribution < -0.4 is 5.32 Å². The van der Waals surface area contributed by atoms with E-state index in [0.717, 1.165) is 51.4 Å². The topological polar surface area (TPSA) is 69.6 Å². The summed E-state index contributed by atoms with van der Waals surface area (Å²) in [6.07, 6.45) is 40.9. The Labute approximate surface area is 227 Å². The summed E-state index contributed by atoms with van der Waals surface area (Å²) < 4.78 is 0. The molecule has 0 aromatic rings. The van der Waals surface area contributed by atoms with E-state index < -0.39 is 12.1 Å². The van der Waals surface area contributed by atoms with Crippen LogP contribution in [-0.2, 0) is 4.79 Å². The lowest BCUT2D eigenvalue weighted by atomic mass is 10.1. The largest absolute Gasteiger partial charge is 0.394 e. The fourth-order valence-electron chi connectivity index (χ4n) is 3.38. The molecule has 2 unspecified atom stereocenters. The molecule has 0 aliphatic heterocycles. The second-order valence-corrected chi connectivity index (χ2v) is 9.05. The van der Waals surface area contributed by atoms with E-state index in [2.05, 4.69) is 86.0 Å². The molecule has 0 radical (unpaired) electrons. The third kappa shape index (κ3) is 25.0. The van der Waals surface area contributed by atoms with Crippen molar-refractivity contribution in [3.63, 3.8) is 0 Å². The first-order valence-electron chi connectivity index (χ1n) is 14.3. The molecule has 0 saturated heterocycles. The second kappa shape index (κ2) is 28.1. The SMILES string of the molecule is CC/C=C\C/C=C\C/C=C\C/C=C\CCC(=O)NC(CO)C(O)/C=C/CC/C=C/CC/C=C/CCCC. The molecule has 4 nitrogen and oxygen atoms in total. The maximum Gasteiger partial charge on any atom is 0.220 e. The number of aliphatic hydroxyl groups excluding tert-OH is 2. The minimum atomic E-state index is -0.899. The molecular weight excluding hydrogens is 458 g/mol. The van der Waals surface area contributed by atoms with Crippen LogP contribution in [0.15, 0.2) is 85.1 Å². The Bertz CT molecular complexity index is 728. The van der Waals surface area contributed by atoms with Crippen molar-refractivity contribution in [1.29, 1.82) is 0 Å². The Balaban J connectivity index is 3.97.